The number of hydrogen-bond acceptors (Lipinski definition) is 3. The van der Waals surface area contributed by atoms with Crippen molar-refractivity contribution in [1.29, 1.82) is 0 Å². The van der Waals surface area contributed by atoms with Crippen LogP contribution in [0.5, 0.6) is 0 Å². The maximum absolute atomic E-state index is 5.14. The monoisotopic (exact) mass is 245 g/mol. The number of nitrogens with two attached hydrogens (primary N) is 1. The van der Waals surface area contributed by atoms with E-state index < -0.39 is 0 Å². The van der Waals surface area contributed by atoms with Crippen LogP contribution in [0.4, 0.5) is 0 Å². The molecule has 0 spiro atoms. The molecule has 1 aromatic rings. The van der Waals surface area contributed by atoms with Gasteiger partial charge in [-0.1, -0.05) is 43.5 Å². The number of nitrogens with zero attached hydrogens (tertiary/aromatic N) is 2. The van der Waals surface area contributed by atoms with E-state index in [4.69, 9.17) is 5.84 Å². The van der Waals surface area contributed by atoms with E-state index in [2.05, 4.69) is 41.3 Å². The molecule has 3 nitrogen and oxygen atoms in total. The molecule has 1 saturated carbocycles. The fourth-order valence-corrected chi connectivity index (χ4v) is 2.73. The summed E-state index contributed by atoms with van der Waals surface area (Å²) in [4.78, 5) is 2.49. The molecule has 0 radical (unpaired) electrons. The molecular weight excluding hydrogens is 222 g/mol. The van der Waals surface area contributed by atoms with Crippen LogP contribution >= 0.6 is 0 Å². The van der Waals surface area contributed by atoms with Gasteiger partial charge in [0.15, 0.2) is 0 Å². The predicted molar refractivity (Wildman–Crippen MR) is 76.6 cm³/mol. The van der Waals surface area contributed by atoms with Crippen molar-refractivity contribution in [2.75, 3.05) is 7.05 Å². The van der Waals surface area contributed by atoms with E-state index in [0.29, 0.717) is 0 Å². The van der Waals surface area contributed by atoms with Gasteiger partial charge in [-0.3, -0.25) is 4.90 Å². The number of rotatable bonds is 4. The fraction of sp³-hybridized carbons (Fsp3) is 0.533. The van der Waals surface area contributed by atoms with Gasteiger partial charge in [0.25, 0.3) is 0 Å². The van der Waals surface area contributed by atoms with Crippen molar-refractivity contribution in [2.24, 2.45) is 10.9 Å². The SMILES string of the molecule is CN(Cc1ccc(C=NN)cc1)C1CCCCC1. The summed E-state index contributed by atoms with van der Waals surface area (Å²) in [5.41, 5.74) is 2.42. The Balaban J connectivity index is 1.91. The van der Waals surface area contributed by atoms with Gasteiger partial charge in [0.2, 0.25) is 0 Å². The van der Waals surface area contributed by atoms with Gasteiger partial charge in [0.1, 0.15) is 0 Å². The van der Waals surface area contributed by atoms with Gasteiger partial charge in [0, 0.05) is 12.6 Å². The Morgan fingerprint density at radius 1 is 1.22 bits per heavy atom. The first kappa shape index (κ1) is 13.1. The van der Waals surface area contributed by atoms with Crippen LogP contribution in [-0.2, 0) is 6.54 Å². The van der Waals surface area contributed by atoms with Gasteiger partial charge in [-0.15, -0.1) is 0 Å². The summed E-state index contributed by atoms with van der Waals surface area (Å²) in [6.45, 7) is 1.03. The van der Waals surface area contributed by atoms with Gasteiger partial charge in [-0.25, -0.2) is 0 Å². The molecule has 2 rings (SSSR count). The minimum atomic E-state index is 0.768. The van der Waals surface area contributed by atoms with Crippen molar-refractivity contribution in [3.63, 3.8) is 0 Å². The lowest BCUT2D eigenvalue weighted by Gasteiger charge is -2.31. The molecule has 18 heavy (non-hydrogen) atoms. The van der Waals surface area contributed by atoms with Crippen LogP contribution in [0.15, 0.2) is 29.4 Å². The van der Waals surface area contributed by atoms with Crippen molar-refractivity contribution < 1.29 is 0 Å². The molecule has 1 aliphatic carbocycles. The molecule has 2 N–H and O–H groups in total. The minimum Gasteiger partial charge on any atom is -0.323 e. The normalized spacial score (nSPS) is 17.7. The molecule has 0 amide bonds. The quantitative estimate of drug-likeness (QED) is 0.503. The minimum absolute atomic E-state index is 0.768. The lowest BCUT2D eigenvalue weighted by atomic mass is 9.94. The Morgan fingerprint density at radius 2 is 1.89 bits per heavy atom. The van der Waals surface area contributed by atoms with E-state index in [1.807, 2.05) is 0 Å². The second-order valence-electron chi connectivity index (χ2n) is 5.23. The summed E-state index contributed by atoms with van der Waals surface area (Å²) in [6, 6.07) is 9.23. The van der Waals surface area contributed by atoms with Crippen molar-refractivity contribution in [3.05, 3.63) is 35.4 Å². The lowest BCUT2D eigenvalue weighted by molar-refractivity contribution is 0.184. The molecule has 1 fully saturated rings. The molecule has 3 heteroatoms. The summed E-state index contributed by atoms with van der Waals surface area (Å²) >= 11 is 0. The highest BCUT2D eigenvalue weighted by atomic mass is 15.1. The second kappa shape index (κ2) is 6.55. The highest BCUT2D eigenvalue weighted by Crippen LogP contribution is 2.22. The summed E-state index contributed by atoms with van der Waals surface area (Å²) in [6.07, 6.45) is 8.58. The van der Waals surface area contributed by atoms with Crippen molar-refractivity contribution in [3.8, 4) is 0 Å². The highest BCUT2D eigenvalue weighted by molar-refractivity contribution is 5.79. The van der Waals surface area contributed by atoms with E-state index in [0.717, 1.165) is 18.2 Å². The maximum atomic E-state index is 5.14. The molecule has 0 unspecified atom stereocenters. The number of hydrazone groups is 1. The van der Waals surface area contributed by atoms with Crippen molar-refractivity contribution >= 4 is 6.21 Å². The zero-order valence-corrected chi connectivity index (χ0v) is 11.2. The Hall–Kier alpha value is -1.35. The van der Waals surface area contributed by atoms with Gasteiger partial charge in [0.05, 0.1) is 6.21 Å². The highest BCUT2D eigenvalue weighted by Gasteiger charge is 2.17. The molecule has 0 saturated heterocycles. The van der Waals surface area contributed by atoms with Crippen LogP contribution in [0.1, 0.15) is 43.2 Å². The molecule has 0 bridgehead atoms. The maximum Gasteiger partial charge on any atom is 0.0538 e. The Kier molecular flexibility index (Phi) is 4.76. The molecule has 98 valence electrons. The largest absolute Gasteiger partial charge is 0.323 e. The molecule has 0 heterocycles. The average Bonchev–Trinajstić information content (AvgIpc) is 2.42. The third kappa shape index (κ3) is 3.57. The van der Waals surface area contributed by atoms with Crippen LogP contribution in [-0.4, -0.2) is 24.2 Å². The summed E-state index contributed by atoms with van der Waals surface area (Å²) in [7, 11) is 2.24. The van der Waals surface area contributed by atoms with Crippen LogP contribution in [0.3, 0.4) is 0 Å². The lowest BCUT2D eigenvalue weighted by Crippen LogP contribution is -2.32. The Bertz CT molecular complexity index is 377. The summed E-state index contributed by atoms with van der Waals surface area (Å²) in [5.74, 6) is 5.14. The van der Waals surface area contributed by atoms with Crippen molar-refractivity contribution in [1.82, 2.24) is 4.90 Å². The van der Waals surface area contributed by atoms with Gasteiger partial charge in [-0.2, -0.15) is 5.10 Å². The van der Waals surface area contributed by atoms with Gasteiger partial charge < -0.3 is 5.84 Å². The average molecular weight is 245 g/mol. The molecule has 1 aliphatic rings. The number of benzene rings is 1. The molecular formula is C15H23N3. The molecule has 0 aliphatic heterocycles. The van der Waals surface area contributed by atoms with E-state index in [9.17, 15) is 0 Å². The molecule has 1 aromatic carbocycles. The van der Waals surface area contributed by atoms with Gasteiger partial charge in [-0.05, 0) is 31.0 Å². The van der Waals surface area contributed by atoms with E-state index >= 15 is 0 Å². The summed E-state index contributed by atoms with van der Waals surface area (Å²) in [5, 5.41) is 3.53. The zero-order chi connectivity index (χ0) is 12.8. The second-order valence-corrected chi connectivity index (χ2v) is 5.23. The van der Waals surface area contributed by atoms with Gasteiger partial charge >= 0.3 is 0 Å². The van der Waals surface area contributed by atoms with Crippen molar-refractivity contribution in [2.45, 2.75) is 44.7 Å². The topological polar surface area (TPSA) is 41.6 Å². The third-order valence-corrected chi connectivity index (χ3v) is 3.83. The van der Waals surface area contributed by atoms with E-state index in [1.54, 1.807) is 6.21 Å². The van der Waals surface area contributed by atoms with E-state index in [1.165, 1.54) is 37.7 Å². The fourth-order valence-electron chi connectivity index (χ4n) is 2.73. The zero-order valence-electron chi connectivity index (χ0n) is 11.2. The number of hydrogen-bond donors (Lipinski definition) is 1. The van der Waals surface area contributed by atoms with Crippen LogP contribution < -0.4 is 5.84 Å². The smallest absolute Gasteiger partial charge is 0.0538 e. The van der Waals surface area contributed by atoms with Crippen LogP contribution in [0, 0.1) is 0 Å². The Morgan fingerprint density at radius 3 is 2.50 bits per heavy atom. The first-order chi connectivity index (χ1) is 8.79. The molecule has 0 aromatic heterocycles. The summed E-state index contributed by atoms with van der Waals surface area (Å²) < 4.78 is 0. The first-order valence-electron chi connectivity index (χ1n) is 6.82. The predicted octanol–water partition coefficient (Wildman–Crippen LogP) is 2.74. The molecule has 0 atom stereocenters. The van der Waals surface area contributed by atoms with Crippen LogP contribution in [0.25, 0.3) is 0 Å². The standard InChI is InChI=1S/C15H23N3/c1-18(15-5-3-2-4-6-15)12-14-9-7-13(8-10-14)11-17-16/h7-11,15H,2-6,12,16H2,1H3. The van der Waals surface area contributed by atoms with Crippen LogP contribution in [0.2, 0.25) is 0 Å². The van der Waals surface area contributed by atoms with E-state index in [-0.39, 0.29) is 0 Å². The first-order valence-corrected chi connectivity index (χ1v) is 6.82. The Labute approximate surface area is 110 Å². The third-order valence-electron chi connectivity index (χ3n) is 3.83.